The SMILES string of the molecule is C=C(C)c1c(-c2ccccn2)n(C(=O)OC(C)(C)C)c2sc(C(=O)OC)nc12. The maximum absolute atomic E-state index is 13.1. The van der Waals surface area contributed by atoms with Crippen molar-refractivity contribution in [3.05, 3.63) is 41.5 Å². The Morgan fingerprint density at radius 3 is 2.50 bits per heavy atom. The van der Waals surface area contributed by atoms with Gasteiger partial charge in [-0.05, 0) is 45.4 Å². The minimum atomic E-state index is -0.700. The third kappa shape index (κ3) is 3.55. The number of hydrogen-bond acceptors (Lipinski definition) is 7. The maximum atomic E-state index is 13.1. The molecule has 0 saturated carbocycles. The third-order valence-corrected chi connectivity index (χ3v) is 4.80. The molecule has 0 aliphatic rings. The lowest BCUT2D eigenvalue weighted by molar-refractivity contribution is 0.0545. The highest BCUT2D eigenvalue weighted by atomic mass is 32.1. The first-order chi connectivity index (χ1) is 13.1. The first kappa shape index (κ1) is 19.8. The molecule has 146 valence electrons. The zero-order valence-corrected chi connectivity index (χ0v) is 17.2. The smallest absolute Gasteiger partial charge is 0.420 e. The molecule has 8 heteroatoms. The van der Waals surface area contributed by atoms with Crippen LogP contribution in [0.2, 0.25) is 0 Å². The predicted octanol–water partition coefficient (Wildman–Crippen LogP) is 4.76. The monoisotopic (exact) mass is 399 g/mol. The molecule has 0 N–H and O–H groups in total. The molecular formula is C20H21N3O4S. The molecule has 0 bridgehead atoms. The Morgan fingerprint density at radius 2 is 1.96 bits per heavy atom. The van der Waals surface area contributed by atoms with Crippen molar-refractivity contribution >= 4 is 39.3 Å². The van der Waals surface area contributed by atoms with Gasteiger partial charge in [0, 0.05) is 11.8 Å². The fourth-order valence-corrected chi connectivity index (χ4v) is 3.75. The topological polar surface area (TPSA) is 83.3 Å². The largest absolute Gasteiger partial charge is 0.464 e. The van der Waals surface area contributed by atoms with Crippen LogP contribution in [-0.2, 0) is 9.47 Å². The van der Waals surface area contributed by atoms with Crippen LogP contribution >= 0.6 is 11.3 Å². The van der Waals surface area contributed by atoms with Crippen LogP contribution in [0.4, 0.5) is 4.79 Å². The molecule has 0 radical (unpaired) electrons. The second-order valence-electron chi connectivity index (χ2n) is 7.20. The molecule has 3 aromatic rings. The molecule has 0 atom stereocenters. The quantitative estimate of drug-likeness (QED) is 0.590. The van der Waals surface area contributed by atoms with Gasteiger partial charge < -0.3 is 9.47 Å². The highest BCUT2D eigenvalue weighted by Gasteiger charge is 2.31. The second kappa shape index (κ2) is 7.20. The Bertz CT molecular complexity index is 1070. The van der Waals surface area contributed by atoms with E-state index in [0.29, 0.717) is 32.9 Å². The number of esters is 1. The van der Waals surface area contributed by atoms with E-state index < -0.39 is 17.7 Å². The third-order valence-electron chi connectivity index (χ3n) is 3.78. The number of ether oxygens (including phenoxy) is 2. The maximum Gasteiger partial charge on any atom is 0.420 e. The Balaban J connectivity index is 2.38. The molecule has 3 rings (SSSR count). The number of carbonyl (C=O) groups excluding carboxylic acids is 2. The highest BCUT2D eigenvalue weighted by Crippen LogP contribution is 2.39. The van der Waals surface area contributed by atoms with Crippen LogP contribution in [0, 0.1) is 0 Å². The van der Waals surface area contributed by atoms with Crippen LogP contribution in [0.3, 0.4) is 0 Å². The molecule has 0 saturated heterocycles. The minimum Gasteiger partial charge on any atom is -0.464 e. The molecular weight excluding hydrogens is 378 g/mol. The molecule has 0 fully saturated rings. The first-order valence-electron chi connectivity index (χ1n) is 8.58. The average molecular weight is 399 g/mol. The van der Waals surface area contributed by atoms with E-state index in [1.54, 1.807) is 39.1 Å². The van der Waals surface area contributed by atoms with E-state index in [4.69, 9.17) is 9.47 Å². The lowest BCUT2D eigenvalue weighted by atomic mass is 10.1. The number of aromatic nitrogens is 3. The van der Waals surface area contributed by atoms with Gasteiger partial charge in [0.1, 0.15) is 15.9 Å². The molecule has 0 amide bonds. The lowest BCUT2D eigenvalue weighted by Crippen LogP contribution is -2.27. The summed E-state index contributed by atoms with van der Waals surface area (Å²) in [6.45, 7) is 11.2. The fourth-order valence-electron chi connectivity index (χ4n) is 2.76. The van der Waals surface area contributed by atoms with Gasteiger partial charge in [0.05, 0.1) is 18.5 Å². The number of pyridine rings is 1. The van der Waals surface area contributed by atoms with Gasteiger partial charge in [-0.15, -0.1) is 0 Å². The summed E-state index contributed by atoms with van der Waals surface area (Å²) >= 11 is 1.07. The number of thiazole rings is 1. The van der Waals surface area contributed by atoms with Gasteiger partial charge in [0.15, 0.2) is 0 Å². The number of fused-ring (bicyclic) bond motifs is 1. The van der Waals surface area contributed by atoms with Crippen molar-refractivity contribution in [2.75, 3.05) is 7.11 Å². The van der Waals surface area contributed by atoms with Crippen LogP contribution in [0.15, 0.2) is 31.0 Å². The van der Waals surface area contributed by atoms with E-state index in [2.05, 4.69) is 16.5 Å². The molecule has 3 aromatic heterocycles. The second-order valence-corrected chi connectivity index (χ2v) is 8.18. The Hall–Kier alpha value is -3.00. The zero-order chi connectivity index (χ0) is 20.6. The summed E-state index contributed by atoms with van der Waals surface area (Å²) in [7, 11) is 1.29. The molecule has 0 unspecified atom stereocenters. The zero-order valence-electron chi connectivity index (χ0n) is 16.4. The first-order valence-corrected chi connectivity index (χ1v) is 9.40. The van der Waals surface area contributed by atoms with Crippen molar-refractivity contribution in [1.82, 2.24) is 14.5 Å². The molecule has 28 heavy (non-hydrogen) atoms. The van der Waals surface area contributed by atoms with Crippen molar-refractivity contribution in [3.63, 3.8) is 0 Å². The molecule has 0 aliphatic carbocycles. The van der Waals surface area contributed by atoms with Gasteiger partial charge in [-0.25, -0.2) is 19.1 Å². The van der Waals surface area contributed by atoms with E-state index in [-0.39, 0.29) is 5.01 Å². The number of hydrogen-bond donors (Lipinski definition) is 0. The summed E-state index contributed by atoms with van der Waals surface area (Å²) < 4.78 is 11.8. The summed E-state index contributed by atoms with van der Waals surface area (Å²) in [5.74, 6) is -0.566. The highest BCUT2D eigenvalue weighted by molar-refractivity contribution is 7.20. The number of allylic oxidation sites excluding steroid dienone is 1. The molecule has 3 heterocycles. The van der Waals surface area contributed by atoms with Crippen LogP contribution in [0.1, 0.15) is 43.1 Å². The van der Waals surface area contributed by atoms with Crippen LogP contribution in [0.5, 0.6) is 0 Å². The van der Waals surface area contributed by atoms with Gasteiger partial charge in [-0.1, -0.05) is 24.0 Å². The van der Waals surface area contributed by atoms with E-state index >= 15 is 0 Å². The van der Waals surface area contributed by atoms with Crippen molar-refractivity contribution in [3.8, 4) is 11.4 Å². The summed E-state index contributed by atoms with van der Waals surface area (Å²) in [5.41, 5.74) is 2.24. The lowest BCUT2D eigenvalue weighted by Gasteiger charge is -2.20. The standard InChI is InChI=1S/C20H21N3O4S/c1-11(2)13-14-17(28-16(22-14)18(24)26-6)23(19(25)27-20(3,4)5)15(13)12-9-7-8-10-21-12/h7-10H,1H2,2-6H3. The van der Waals surface area contributed by atoms with Gasteiger partial charge in [-0.2, -0.15) is 0 Å². The van der Waals surface area contributed by atoms with Crippen molar-refractivity contribution in [1.29, 1.82) is 0 Å². The number of rotatable bonds is 3. The Labute approximate surface area is 166 Å². The van der Waals surface area contributed by atoms with Gasteiger partial charge in [-0.3, -0.25) is 4.98 Å². The van der Waals surface area contributed by atoms with E-state index in [9.17, 15) is 9.59 Å². The van der Waals surface area contributed by atoms with Crippen LogP contribution in [-0.4, -0.2) is 39.3 Å². The normalized spacial score (nSPS) is 11.5. The predicted molar refractivity (Wildman–Crippen MR) is 109 cm³/mol. The summed E-state index contributed by atoms with van der Waals surface area (Å²) in [6, 6.07) is 5.42. The Morgan fingerprint density at radius 1 is 1.25 bits per heavy atom. The van der Waals surface area contributed by atoms with E-state index in [0.717, 1.165) is 11.3 Å². The van der Waals surface area contributed by atoms with Crippen LogP contribution in [0.25, 0.3) is 27.3 Å². The van der Waals surface area contributed by atoms with Crippen molar-refractivity contribution in [2.24, 2.45) is 0 Å². The fraction of sp³-hybridized carbons (Fsp3) is 0.300. The molecule has 0 aromatic carbocycles. The molecule has 7 nitrogen and oxygen atoms in total. The van der Waals surface area contributed by atoms with Gasteiger partial charge in [0.2, 0.25) is 5.01 Å². The van der Waals surface area contributed by atoms with Gasteiger partial charge >= 0.3 is 12.1 Å². The summed E-state index contributed by atoms with van der Waals surface area (Å²) in [4.78, 5) is 34.4. The number of methoxy groups -OCH3 is 1. The van der Waals surface area contributed by atoms with E-state index in [1.807, 2.05) is 13.0 Å². The average Bonchev–Trinajstić information content (AvgIpc) is 3.16. The number of nitrogens with zero attached hydrogens (tertiary/aromatic N) is 3. The van der Waals surface area contributed by atoms with Crippen molar-refractivity contribution < 1.29 is 19.1 Å². The molecule has 0 spiro atoms. The van der Waals surface area contributed by atoms with Crippen LogP contribution < -0.4 is 0 Å². The van der Waals surface area contributed by atoms with Crippen molar-refractivity contribution in [2.45, 2.75) is 33.3 Å². The minimum absolute atomic E-state index is 0.153. The molecule has 0 aliphatic heterocycles. The summed E-state index contributed by atoms with van der Waals surface area (Å²) in [5, 5.41) is 0.153. The van der Waals surface area contributed by atoms with Gasteiger partial charge in [0.25, 0.3) is 0 Å². The van der Waals surface area contributed by atoms with E-state index in [1.165, 1.54) is 11.7 Å². The Kier molecular flexibility index (Phi) is 5.08. The summed E-state index contributed by atoms with van der Waals surface area (Å²) in [6.07, 6.45) is 1.07. The number of carbonyl (C=O) groups is 2.